The molecule has 4 rings (SSSR count). The highest BCUT2D eigenvalue weighted by molar-refractivity contribution is 8.24. The molecule has 2 aromatic rings. The Labute approximate surface area is 157 Å². The molecule has 0 radical (unpaired) electrons. The summed E-state index contributed by atoms with van der Waals surface area (Å²) < 4.78 is 0.904. The standard InChI is InChI=1S/C21H18N2S2/c1-21(23-19(20(24)25-21)17-11-13-22-14-12-17)18-9-7-16(8-10-18)15-5-3-2-4-6-15/h2-14,22-23H,1H3. The van der Waals surface area contributed by atoms with Crippen LogP contribution in [0.3, 0.4) is 0 Å². The summed E-state index contributed by atoms with van der Waals surface area (Å²) in [6.45, 7) is 2.18. The van der Waals surface area contributed by atoms with Crippen LogP contribution < -0.4 is 10.6 Å². The monoisotopic (exact) mass is 362 g/mol. The third kappa shape index (κ3) is 3.15. The van der Waals surface area contributed by atoms with Crippen LogP contribution in [-0.2, 0) is 4.87 Å². The molecule has 0 aromatic heterocycles. The van der Waals surface area contributed by atoms with E-state index in [1.807, 2.05) is 30.6 Å². The van der Waals surface area contributed by atoms with E-state index in [-0.39, 0.29) is 4.87 Å². The van der Waals surface area contributed by atoms with Gasteiger partial charge in [-0.05, 0) is 35.8 Å². The second-order valence-corrected chi connectivity index (χ2v) is 8.25. The quantitative estimate of drug-likeness (QED) is 0.575. The summed E-state index contributed by atoms with van der Waals surface area (Å²) in [5.74, 6) is 0. The van der Waals surface area contributed by atoms with E-state index < -0.39 is 0 Å². The molecule has 1 unspecified atom stereocenters. The van der Waals surface area contributed by atoms with E-state index in [4.69, 9.17) is 12.2 Å². The summed E-state index contributed by atoms with van der Waals surface area (Å²) in [4.78, 5) is -0.249. The van der Waals surface area contributed by atoms with Gasteiger partial charge in [-0.15, -0.1) is 0 Å². The van der Waals surface area contributed by atoms with E-state index in [0.29, 0.717) is 0 Å². The Balaban J connectivity index is 1.64. The van der Waals surface area contributed by atoms with E-state index in [2.05, 4.69) is 66.1 Å². The van der Waals surface area contributed by atoms with Crippen LogP contribution >= 0.6 is 24.0 Å². The molecule has 0 bridgehead atoms. The fourth-order valence-electron chi connectivity index (χ4n) is 3.04. The normalized spacial score (nSPS) is 22.0. The van der Waals surface area contributed by atoms with Crippen molar-refractivity contribution in [3.05, 3.63) is 96.0 Å². The minimum atomic E-state index is -0.249. The number of hydrogen-bond acceptors (Lipinski definition) is 4. The van der Waals surface area contributed by atoms with Crippen molar-refractivity contribution in [2.75, 3.05) is 0 Å². The lowest BCUT2D eigenvalue weighted by atomic mass is 10.0. The van der Waals surface area contributed by atoms with Crippen molar-refractivity contribution in [1.29, 1.82) is 0 Å². The number of benzene rings is 2. The van der Waals surface area contributed by atoms with Crippen LogP contribution in [0, 0.1) is 0 Å². The Kier molecular flexibility index (Phi) is 4.24. The molecule has 4 heteroatoms. The Hall–Kier alpha value is -2.30. The Bertz CT molecular complexity index is 881. The van der Waals surface area contributed by atoms with E-state index in [1.54, 1.807) is 11.8 Å². The predicted octanol–water partition coefficient (Wildman–Crippen LogP) is 5.07. The van der Waals surface area contributed by atoms with Crippen LogP contribution in [0.5, 0.6) is 0 Å². The maximum Gasteiger partial charge on any atom is 0.112 e. The van der Waals surface area contributed by atoms with E-state index in [0.717, 1.165) is 15.5 Å². The molecule has 0 spiro atoms. The zero-order valence-electron chi connectivity index (χ0n) is 13.8. The SMILES string of the molecule is CC1(c2ccc(-c3ccccc3)cc2)NC(=C2C=CNC=C2)C(=S)S1. The molecule has 1 fully saturated rings. The lowest BCUT2D eigenvalue weighted by Gasteiger charge is -2.24. The van der Waals surface area contributed by atoms with Crippen molar-refractivity contribution >= 4 is 28.2 Å². The number of thioether (sulfide) groups is 1. The van der Waals surface area contributed by atoms with Crippen molar-refractivity contribution in [2.24, 2.45) is 0 Å². The molecule has 2 nitrogen and oxygen atoms in total. The number of nitrogens with one attached hydrogen (secondary N) is 2. The number of thiocarbonyl (C=S) groups is 1. The van der Waals surface area contributed by atoms with Crippen LogP contribution in [0.2, 0.25) is 0 Å². The smallest absolute Gasteiger partial charge is 0.112 e. The molecule has 25 heavy (non-hydrogen) atoms. The molecule has 2 heterocycles. The van der Waals surface area contributed by atoms with Crippen LogP contribution in [0.1, 0.15) is 12.5 Å². The van der Waals surface area contributed by atoms with Gasteiger partial charge in [0.15, 0.2) is 0 Å². The van der Waals surface area contributed by atoms with Crippen molar-refractivity contribution in [3.63, 3.8) is 0 Å². The average molecular weight is 363 g/mol. The first kappa shape index (κ1) is 16.2. The first-order valence-corrected chi connectivity index (χ1v) is 9.39. The number of dihydropyridines is 1. The van der Waals surface area contributed by atoms with Gasteiger partial charge in [0.2, 0.25) is 0 Å². The molecule has 1 atom stereocenters. The Morgan fingerprint density at radius 1 is 0.880 bits per heavy atom. The highest BCUT2D eigenvalue weighted by Gasteiger charge is 2.38. The summed E-state index contributed by atoms with van der Waals surface area (Å²) in [6.07, 6.45) is 7.92. The third-order valence-corrected chi connectivity index (χ3v) is 6.00. The second kappa shape index (κ2) is 6.54. The van der Waals surface area contributed by atoms with Gasteiger partial charge < -0.3 is 10.6 Å². The number of rotatable bonds is 2. The summed E-state index contributed by atoms with van der Waals surface area (Å²) in [5.41, 5.74) is 5.82. The highest BCUT2D eigenvalue weighted by atomic mass is 32.2. The van der Waals surface area contributed by atoms with E-state index in [9.17, 15) is 0 Å². The van der Waals surface area contributed by atoms with Gasteiger partial charge in [0.1, 0.15) is 4.87 Å². The zero-order valence-corrected chi connectivity index (χ0v) is 15.5. The second-order valence-electron chi connectivity index (χ2n) is 6.15. The lowest BCUT2D eigenvalue weighted by Crippen LogP contribution is -2.30. The van der Waals surface area contributed by atoms with Crippen molar-refractivity contribution in [2.45, 2.75) is 11.8 Å². The molecule has 124 valence electrons. The summed E-state index contributed by atoms with van der Waals surface area (Å²) in [5, 5.41) is 6.69. The Morgan fingerprint density at radius 3 is 2.20 bits per heavy atom. The average Bonchev–Trinajstić information content (AvgIpc) is 2.99. The van der Waals surface area contributed by atoms with Crippen LogP contribution in [-0.4, -0.2) is 4.20 Å². The molecule has 0 aliphatic carbocycles. The van der Waals surface area contributed by atoms with E-state index >= 15 is 0 Å². The largest absolute Gasteiger partial charge is 0.368 e. The molecule has 1 saturated heterocycles. The summed E-state index contributed by atoms with van der Waals surface area (Å²) in [6, 6.07) is 19.2. The minimum absolute atomic E-state index is 0.249. The minimum Gasteiger partial charge on any atom is -0.368 e. The van der Waals surface area contributed by atoms with Crippen LogP contribution in [0.4, 0.5) is 0 Å². The first-order valence-electron chi connectivity index (χ1n) is 8.17. The molecule has 2 N–H and O–H groups in total. The molecule has 0 amide bonds. The van der Waals surface area contributed by atoms with E-state index in [1.165, 1.54) is 16.7 Å². The van der Waals surface area contributed by atoms with Crippen LogP contribution in [0.15, 0.2) is 90.4 Å². The topological polar surface area (TPSA) is 24.1 Å². The van der Waals surface area contributed by atoms with Gasteiger partial charge in [0.25, 0.3) is 0 Å². The van der Waals surface area contributed by atoms with Gasteiger partial charge in [-0.25, -0.2) is 0 Å². The van der Waals surface area contributed by atoms with Crippen LogP contribution in [0.25, 0.3) is 11.1 Å². The predicted molar refractivity (Wildman–Crippen MR) is 111 cm³/mol. The highest BCUT2D eigenvalue weighted by Crippen LogP contribution is 2.44. The molecule has 2 aromatic carbocycles. The Morgan fingerprint density at radius 2 is 1.52 bits per heavy atom. The van der Waals surface area contributed by atoms with Gasteiger partial charge >= 0.3 is 0 Å². The molecule has 0 saturated carbocycles. The van der Waals surface area contributed by atoms with Gasteiger partial charge in [-0.3, -0.25) is 0 Å². The number of allylic oxidation sites excluding steroid dienone is 3. The molecular formula is C21H18N2S2. The van der Waals surface area contributed by atoms with Gasteiger partial charge in [-0.1, -0.05) is 78.6 Å². The van der Waals surface area contributed by atoms with Crippen molar-refractivity contribution in [1.82, 2.24) is 10.6 Å². The first-order chi connectivity index (χ1) is 12.2. The summed E-state index contributed by atoms with van der Waals surface area (Å²) in [7, 11) is 0. The maximum atomic E-state index is 5.63. The lowest BCUT2D eigenvalue weighted by molar-refractivity contribution is 0.620. The summed E-state index contributed by atoms with van der Waals surface area (Å²) >= 11 is 7.33. The van der Waals surface area contributed by atoms with Gasteiger partial charge in [0, 0.05) is 18.0 Å². The number of hydrogen-bond donors (Lipinski definition) is 2. The molecular weight excluding hydrogens is 344 g/mol. The van der Waals surface area contributed by atoms with Gasteiger partial charge in [-0.2, -0.15) is 0 Å². The van der Waals surface area contributed by atoms with Crippen molar-refractivity contribution in [3.8, 4) is 11.1 Å². The van der Waals surface area contributed by atoms with Gasteiger partial charge in [0.05, 0.1) is 9.89 Å². The molecule has 2 aliphatic rings. The zero-order chi connectivity index (χ0) is 17.3. The maximum absolute atomic E-state index is 5.63. The molecule has 2 aliphatic heterocycles. The van der Waals surface area contributed by atoms with Crippen molar-refractivity contribution < 1.29 is 0 Å². The third-order valence-electron chi connectivity index (χ3n) is 4.41. The fourth-order valence-corrected chi connectivity index (χ4v) is 4.76. The fraction of sp³-hybridized carbons (Fsp3) is 0.0952.